The van der Waals surface area contributed by atoms with Crippen molar-refractivity contribution in [1.29, 1.82) is 0 Å². The molecule has 0 saturated heterocycles. The molecule has 146 valence electrons. The first-order valence-electron chi connectivity index (χ1n) is 8.81. The first-order valence-corrected chi connectivity index (χ1v) is 8.81. The van der Waals surface area contributed by atoms with Crippen LogP contribution in [0.2, 0.25) is 0 Å². The molecule has 0 unspecified atom stereocenters. The van der Waals surface area contributed by atoms with Crippen molar-refractivity contribution in [2.24, 2.45) is 0 Å². The standard InChI is InChI=1S/C20H21N3O5/c1-12-6-13(2)16(14(3)7-12)9-21-19(24)10-22-17-8-15(23(26)27)4-5-18(17)28-11-20(22)25/h4-8H,9-11H2,1-3H3,(H,21,24). The second kappa shape index (κ2) is 7.67. The third-order valence-corrected chi connectivity index (χ3v) is 4.70. The molecule has 1 N–H and O–H groups in total. The molecule has 8 heteroatoms. The highest BCUT2D eigenvalue weighted by Crippen LogP contribution is 2.35. The molecule has 2 aromatic rings. The van der Waals surface area contributed by atoms with Crippen LogP contribution in [0.4, 0.5) is 11.4 Å². The van der Waals surface area contributed by atoms with Crippen LogP contribution in [0.3, 0.4) is 0 Å². The SMILES string of the molecule is Cc1cc(C)c(CNC(=O)CN2C(=O)COc3ccc([N+](=O)[O-])cc32)c(C)c1. The first-order chi connectivity index (χ1) is 13.3. The van der Waals surface area contributed by atoms with Crippen LogP contribution in [0.25, 0.3) is 0 Å². The molecule has 0 atom stereocenters. The van der Waals surface area contributed by atoms with Crippen molar-refractivity contribution in [3.05, 3.63) is 62.7 Å². The van der Waals surface area contributed by atoms with Crippen LogP contribution in [0.5, 0.6) is 5.75 Å². The van der Waals surface area contributed by atoms with E-state index in [1.54, 1.807) is 0 Å². The second-order valence-corrected chi connectivity index (χ2v) is 6.83. The fourth-order valence-corrected chi connectivity index (χ4v) is 3.35. The Labute approximate surface area is 162 Å². The van der Waals surface area contributed by atoms with Gasteiger partial charge in [-0.05, 0) is 43.5 Å². The molecule has 0 aliphatic carbocycles. The van der Waals surface area contributed by atoms with Gasteiger partial charge in [0.2, 0.25) is 5.91 Å². The lowest BCUT2D eigenvalue weighted by Gasteiger charge is -2.28. The molecule has 8 nitrogen and oxygen atoms in total. The van der Waals surface area contributed by atoms with Gasteiger partial charge in [0.05, 0.1) is 10.6 Å². The molecule has 3 rings (SSSR count). The Kier molecular flexibility index (Phi) is 5.30. The summed E-state index contributed by atoms with van der Waals surface area (Å²) in [4.78, 5) is 36.4. The van der Waals surface area contributed by atoms with Gasteiger partial charge in [-0.15, -0.1) is 0 Å². The second-order valence-electron chi connectivity index (χ2n) is 6.83. The van der Waals surface area contributed by atoms with Crippen LogP contribution in [0.15, 0.2) is 30.3 Å². The van der Waals surface area contributed by atoms with E-state index in [-0.39, 0.29) is 30.4 Å². The summed E-state index contributed by atoms with van der Waals surface area (Å²) >= 11 is 0. The Morgan fingerprint density at radius 3 is 2.54 bits per heavy atom. The van der Waals surface area contributed by atoms with E-state index in [0.717, 1.165) is 22.3 Å². The molecule has 0 saturated carbocycles. The average Bonchev–Trinajstić information content (AvgIpc) is 2.62. The summed E-state index contributed by atoms with van der Waals surface area (Å²) in [5.41, 5.74) is 4.41. The first kappa shape index (κ1) is 19.3. The number of nitro benzene ring substituents is 1. The summed E-state index contributed by atoms with van der Waals surface area (Å²) in [5, 5.41) is 13.9. The number of anilines is 1. The predicted molar refractivity (Wildman–Crippen MR) is 103 cm³/mol. The molecule has 0 spiro atoms. The lowest BCUT2D eigenvalue weighted by Crippen LogP contribution is -2.45. The molecule has 1 aliphatic heterocycles. The molecular formula is C20H21N3O5. The van der Waals surface area contributed by atoms with Gasteiger partial charge in [-0.1, -0.05) is 17.7 Å². The molecule has 1 aliphatic rings. The van der Waals surface area contributed by atoms with Crippen molar-refractivity contribution in [3.8, 4) is 5.75 Å². The van der Waals surface area contributed by atoms with Crippen LogP contribution in [0, 0.1) is 30.9 Å². The number of nitrogens with one attached hydrogen (secondary N) is 1. The number of aryl methyl sites for hydroxylation is 3. The van der Waals surface area contributed by atoms with E-state index in [0.29, 0.717) is 12.3 Å². The van der Waals surface area contributed by atoms with Crippen molar-refractivity contribution < 1.29 is 19.2 Å². The topological polar surface area (TPSA) is 102 Å². The van der Waals surface area contributed by atoms with Crippen molar-refractivity contribution in [1.82, 2.24) is 5.32 Å². The van der Waals surface area contributed by atoms with Crippen LogP contribution in [-0.2, 0) is 16.1 Å². The minimum absolute atomic E-state index is 0.173. The summed E-state index contributed by atoms with van der Waals surface area (Å²) < 4.78 is 5.31. The van der Waals surface area contributed by atoms with Crippen molar-refractivity contribution in [2.45, 2.75) is 27.3 Å². The number of nitro groups is 1. The van der Waals surface area contributed by atoms with Gasteiger partial charge in [0.25, 0.3) is 11.6 Å². The molecule has 2 amide bonds. The van der Waals surface area contributed by atoms with E-state index in [4.69, 9.17) is 4.74 Å². The third-order valence-electron chi connectivity index (χ3n) is 4.70. The summed E-state index contributed by atoms with van der Waals surface area (Å²) in [6.45, 7) is 5.89. The van der Waals surface area contributed by atoms with E-state index in [1.807, 2.05) is 20.8 Å². The summed E-state index contributed by atoms with van der Waals surface area (Å²) in [5.74, 6) is -0.443. The van der Waals surface area contributed by atoms with Gasteiger partial charge in [-0.25, -0.2) is 0 Å². The van der Waals surface area contributed by atoms with Crippen molar-refractivity contribution in [2.75, 3.05) is 18.1 Å². The number of ether oxygens (including phenoxy) is 1. The molecule has 0 aromatic heterocycles. The Morgan fingerprint density at radius 1 is 1.21 bits per heavy atom. The Balaban J connectivity index is 1.75. The zero-order valence-corrected chi connectivity index (χ0v) is 15.9. The van der Waals surface area contributed by atoms with Crippen LogP contribution >= 0.6 is 0 Å². The van der Waals surface area contributed by atoms with E-state index in [1.165, 1.54) is 23.1 Å². The molecular weight excluding hydrogens is 362 g/mol. The highest BCUT2D eigenvalue weighted by molar-refractivity contribution is 6.02. The van der Waals surface area contributed by atoms with Crippen LogP contribution in [0.1, 0.15) is 22.3 Å². The molecule has 0 radical (unpaired) electrons. The third kappa shape index (κ3) is 3.95. The fourth-order valence-electron chi connectivity index (χ4n) is 3.35. The van der Waals surface area contributed by atoms with Gasteiger partial charge in [-0.3, -0.25) is 24.6 Å². The number of amides is 2. The number of hydrogen-bond donors (Lipinski definition) is 1. The summed E-state index contributed by atoms with van der Waals surface area (Å²) in [6, 6.07) is 8.08. The number of benzene rings is 2. The maximum absolute atomic E-state index is 12.5. The molecule has 0 fully saturated rings. The van der Waals surface area contributed by atoms with Gasteiger partial charge >= 0.3 is 0 Å². The van der Waals surface area contributed by atoms with E-state index in [2.05, 4.69) is 17.4 Å². The normalized spacial score (nSPS) is 13.0. The Bertz CT molecular complexity index is 947. The average molecular weight is 383 g/mol. The van der Waals surface area contributed by atoms with Gasteiger partial charge in [0, 0.05) is 18.7 Å². The fraction of sp³-hybridized carbons (Fsp3) is 0.300. The number of fused-ring (bicyclic) bond motifs is 1. The quantitative estimate of drug-likeness (QED) is 0.632. The Hall–Kier alpha value is -3.42. The van der Waals surface area contributed by atoms with Gasteiger partial charge in [0.15, 0.2) is 6.61 Å². The largest absolute Gasteiger partial charge is 0.482 e. The van der Waals surface area contributed by atoms with Crippen molar-refractivity contribution in [3.63, 3.8) is 0 Å². The highest BCUT2D eigenvalue weighted by atomic mass is 16.6. The van der Waals surface area contributed by atoms with Gasteiger partial charge in [0.1, 0.15) is 12.3 Å². The maximum atomic E-state index is 12.5. The lowest BCUT2D eigenvalue weighted by atomic mass is 10.00. The zero-order valence-electron chi connectivity index (χ0n) is 15.9. The van der Waals surface area contributed by atoms with Crippen molar-refractivity contribution >= 4 is 23.2 Å². The number of rotatable bonds is 5. The van der Waals surface area contributed by atoms with E-state index < -0.39 is 10.8 Å². The zero-order chi connectivity index (χ0) is 20.4. The monoisotopic (exact) mass is 383 g/mol. The van der Waals surface area contributed by atoms with E-state index in [9.17, 15) is 19.7 Å². The minimum Gasteiger partial charge on any atom is -0.482 e. The lowest BCUT2D eigenvalue weighted by molar-refractivity contribution is -0.384. The number of hydrogen-bond acceptors (Lipinski definition) is 5. The Morgan fingerprint density at radius 2 is 1.89 bits per heavy atom. The molecule has 0 bridgehead atoms. The minimum atomic E-state index is -0.555. The molecule has 28 heavy (non-hydrogen) atoms. The van der Waals surface area contributed by atoms with Crippen LogP contribution < -0.4 is 15.0 Å². The number of non-ortho nitro benzene ring substituents is 1. The van der Waals surface area contributed by atoms with Crippen LogP contribution in [-0.4, -0.2) is 29.9 Å². The number of carbonyl (C=O) groups is 2. The summed E-state index contributed by atoms with van der Waals surface area (Å²) in [7, 11) is 0. The van der Waals surface area contributed by atoms with Gasteiger partial charge in [-0.2, -0.15) is 0 Å². The summed E-state index contributed by atoms with van der Waals surface area (Å²) in [6.07, 6.45) is 0. The number of carbonyl (C=O) groups excluding carboxylic acids is 2. The molecule has 2 aromatic carbocycles. The molecule has 1 heterocycles. The smallest absolute Gasteiger partial charge is 0.271 e. The highest BCUT2D eigenvalue weighted by Gasteiger charge is 2.29. The maximum Gasteiger partial charge on any atom is 0.271 e. The van der Waals surface area contributed by atoms with E-state index >= 15 is 0 Å². The van der Waals surface area contributed by atoms with Gasteiger partial charge < -0.3 is 10.1 Å². The predicted octanol–water partition coefficient (Wildman–Crippen LogP) is 2.56. The number of nitrogens with zero attached hydrogens (tertiary/aromatic N) is 2.